The molecule has 0 bridgehead atoms. The Balaban J connectivity index is 2.45. The van der Waals surface area contributed by atoms with Gasteiger partial charge in [0.2, 0.25) is 0 Å². The second-order valence-corrected chi connectivity index (χ2v) is 3.11. The van der Waals surface area contributed by atoms with Gasteiger partial charge in [-0.3, -0.25) is 0 Å². The zero-order valence-electron chi connectivity index (χ0n) is 8.12. The zero-order valence-corrected chi connectivity index (χ0v) is 8.12. The van der Waals surface area contributed by atoms with Crippen molar-refractivity contribution < 1.29 is 5.11 Å². The van der Waals surface area contributed by atoms with E-state index in [0.29, 0.717) is 6.54 Å². The monoisotopic (exact) mass is 180 g/mol. The third-order valence-electron chi connectivity index (χ3n) is 1.88. The molecule has 0 saturated heterocycles. The van der Waals surface area contributed by atoms with E-state index in [0.717, 1.165) is 17.9 Å². The van der Waals surface area contributed by atoms with Gasteiger partial charge in [0.25, 0.3) is 0 Å². The van der Waals surface area contributed by atoms with Crippen LogP contribution in [-0.4, -0.2) is 22.7 Å². The smallest absolute Gasteiger partial charge is 0.126 e. The number of aryl methyl sites for hydroxylation is 1. The lowest BCUT2D eigenvalue weighted by molar-refractivity contribution is 0.183. The van der Waals surface area contributed by atoms with Gasteiger partial charge in [0, 0.05) is 12.2 Å². The van der Waals surface area contributed by atoms with Gasteiger partial charge in [0.1, 0.15) is 5.82 Å². The van der Waals surface area contributed by atoms with Crippen molar-refractivity contribution in [2.75, 3.05) is 11.9 Å². The Bertz CT molecular complexity index is 263. The number of aromatic nitrogens is 1. The number of aliphatic hydroxyl groups excluding tert-OH is 1. The molecule has 1 rings (SSSR count). The van der Waals surface area contributed by atoms with Crippen LogP contribution < -0.4 is 5.32 Å². The molecule has 1 aromatic heterocycles. The highest BCUT2D eigenvalue weighted by Gasteiger charge is 2.00. The van der Waals surface area contributed by atoms with Crippen molar-refractivity contribution in [2.45, 2.75) is 26.4 Å². The topological polar surface area (TPSA) is 45.1 Å². The lowest BCUT2D eigenvalue weighted by atomic mass is 10.3. The van der Waals surface area contributed by atoms with Crippen molar-refractivity contribution in [3.05, 3.63) is 23.9 Å². The predicted octanol–water partition coefficient (Wildman–Crippen LogP) is 1.57. The third-order valence-corrected chi connectivity index (χ3v) is 1.88. The van der Waals surface area contributed by atoms with E-state index in [2.05, 4.69) is 10.3 Å². The van der Waals surface area contributed by atoms with Crippen LogP contribution in [0.3, 0.4) is 0 Å². The van der Waals surface area contributed by atoms with Gasteiger partial charge >= 0.3 is 0 Å². The first-order chi connectivity index (χ1) is 6.22. The summed E-state index contributed by atoms with van der Waals surface area (Å²) in [5.41, 5.74) is 0.982. The van der Waals surface area contributed by atoms with Crippen LogP contribution in [0.2, 0.25) is 0 Å². The van der Waals surface area contributed by atoms with Crippen LogP contribution in [0.25, 0.3) is 0 Å². The molecule has 1 atom stereocenters. The normalized spacial score (nSPS) is 12.5. The Morgan fingerprint density at radius 1 is 1.54 bits per heavy atom. The quantitative estimate of drug-likeness (QED) is 0.739. The van der Waals surface area contributed by atoms with Gasteiger partial charge in [-0.15, -0.1) is 0 Å². The van der Waals surface area contributed by atoms with Crippen molar-refractivity contribution in [1.29, 1.82) is 0 Å². The Morgan fingerprint density at radius 2 is 2.31 bits per heavy atom. The second-order valence-electron chi connectivity index (χ2n) is 3.11. The summed E-state index contributed by atoms with van der Waals surface area (Å²) in [5, 5.41) is 12.4. The number of nitrogens with zero attached hydrogens (tertiary/aromatic N) is 1. The molecule has 72 valence electrons. The third kappa shape index (κ3) is 3.42. The van der Waals surface area contributed by atoms with Gasteiger partial charge in [-0.2, -0.15) is 0 Å². The molecular weight excluding hydrogens is 164 g/mol. The van der Waals surface area contributed by atoms with Crippen LogP contribution in [0.15, 0.2) is 18.2 Å². The van der Waals surface area contributed by atoms with E-state index in [1.54, 1.807) is 0 Å². The number of hydrogen-bond donors (Lipinski definition) is 2. The van der Waals surface area contributed by atoms with E-state index in [9.17, 15) is 5.11 Å². The molecule has 1 heterocycles. The first-order valence-corrected chi connectivity index (χ1v) is 4.58. The molecule has 0 fully saturated rings. The average molecular weight is 180 g/mol. The molecule has 0 saturated carbocycles. The highest BCUT2D eigenvalue weighted by atomic mass is 16.3. The Labute approximate surface area is 78.8 Å². The molecule has 0 aliphatic heterocycles. The van der Waals surface area contributed by atoms with Crippen molar-refractivity contribution in [2.24, 2.45) is 0 Å². The Kier molecular flexibility index (Phi) is 3.71. The highest BCUT2D eigenvalue weighted by molar-refractivity contribution is 5.35. The van der Waals surface area contributed by atoms with Crippen LogP contribution >= 0.6 is 0 Å². The minimum absolute atomic E-state index is 0.290. The number of hydrogen-bond acceptors (Lipinski definition) is 3. The average Bonchev–Trinajstić information content (AvgIpc) is 2.14. The van der Waals surface area contributed by atoms with Crippen LogP contribution in [0, 0.1) is 6.92 Å². The summed E-state index contributed by atoms with van der Waals surface area (Å²) in [5.74, 6) is 0.826. The molecule has 0 radical (unpaired) electrons. The Hall–Kier alpha value is -1.09. The molecule has 0 aliphatic rings. The minimum Gasteiger partial charge on any atom is -0.391 e. The fourth-order valence-electron chi connectivity index (χ4n) is 1.01. The van der Waals surface area contributed by atoms with E-state index in [-0.39, 0.29) is 6.10 Å². The number of anilines is 1. The Morgan fingerprint density at radius 3 is 2.92 bits per heavy atom. The molecule has 0 aromatic carbocycles. The first-order valence-electron chi connectivity index (χ1n) is 4.58. The summed E-state index contributed by atoms with van der Waals surface area (Å²) in [6, 6.07) is 5.79. The second kappa shape index (κ2) is 4.82. The molecule has 13 heavy (non-hydrogen) atoms. The fraction of sp³-hybridized carbons (Fsp3) is 0.500. The molecule has 0 aliphatic carbocycles. The molecule has 3 heteroatoms. The highest BCUT2D eigenvalue weighted by Crippen LogP contribution is 2.03. The van der Waals surface area contributed by atoms with Gasteiger partial charge in [-0.05, 0) is 25.5 Å². The van der Waals surface area contributed by atoms with Gasteiger partial charge in [-0.1, -0.05) is 13.0 Å². The maximum Gasteiger partial charge on any atom is 0.126 e. The number of rotatable bonds is 4. The van der Waals surface area contributed by atoms with E-state index in [1.807, 2.05) is 32.0 Å². The predicted molar refractivity (Wildman–Crippen MR) is 53.8 cm³/mol. The van der Waals surface area contributed by atoms with Crippen LogP contribution in [0.1, 0.15) is 19.0 Å². The lowest BCUT2D eigenvalue weighted by Crippen LogP contribution is -2.18. The summed E-state index contributed by atoms with van der Waals surface area (Å²) >= 11 is 0. The molecule has 0 amide bonds. The summed E-state index contributed by atoms with van der Waals surface area (Å²) in [7, 11) is 0. The summed E-state index contributed by atoms with van der Waals surface area (Å²) in [6.45, 7) is 4.46. The van der Waals surface area contributed by atoms with Crippen LogP contribution in [0.5, 0.6) is 0 Å². The maximum absolute atomic E-state index is 9.30. The van der Waals surface area contributed by atoms with Crippen molar-refractivity contribution in [1.82, 2.24) is 4.98 Å². The number of aliphatic hydroxyl groups is 1. The molecule has 3 nitrogen and oxygen atoms in total. The van der Waals surface area contributed by atoms with Crippen molar-refractivity contribution in [3.63, 3.8) is 0 Å². The number of nitrogens with one attached hydrogen (secondary N) is 1. The van der Waals surface area contributed by atoms with Crippen molar-refractivity contribution in [3.8, 4) is 0 Å². The summed E-state index contributed by atoms with van der Waals surface area (Å²) in [4.78, 5) is 4.26. The van der Waals surface area contributed by atoms with Gasteiger partial charge < -0.3 is 10.4 Å². The molecule has 2 N–H and O–H groups in total. The van der Waals surface area contributed by atoms with E-state index >= 15 is 0 Å². The minimum atomic E-state index is -0.290. The summed E-state index contributed by atoms with van der Waals surface area (Å²) < 4.78 is 0. The van der Waals surface area contributed by atoms with Gasteiger partial charge in [-0.25, -0.2) is 4.98 Å². The summed E-state index contributed by atoms with van der Waals surface area (Å²) in [6.07, 6.45) is 0.473. The van der Waals surface area contributed by atoms with Crippen LogP contribution in [0.4, 0.5) is 5.82 Å². The zero-order chi connectivity index (χ0) is 9.68. The molecule has 0 spiro atoms. The van der Waals surface area contributed by atoms with E-state index < -0.39 is 0 Å². The lowest BCUT2D eigenvalue weighted by Gasteiger charge is -2.09. The van der Waals surface area contributed by atoms with E-state index in [4.69, 9.17) is 0 Å². The molecule has 1 aromatic rings. The van der Waals surface area contributed by atoms with E-state index in [1.165, 1.54) is 0 Å². The number of pyridine rings is 1. The van der Waals surface area contributed by atoms with Crippen LogP contribution in [-0.2, 0) is 0 Å². The SMILES string of the molecule is CC[C@H](O)CNc1cccc(C)n1. The first kappa shape index (κ1) is 9.99. The fourth-order valence-corrected chi connectivity index (χ4v) is 1.01. The van der Waals surface area contributed by atoms with Gasteiger partial charge in [0.05, 0.1) is 6.10 Å². The largest absolute Gasteiger partial charge is 0.391 e. The molecular formula is C10H16N2O. The van der Waals surface area contributed by atoms with Gasteiger partial charge in [0.15, 0.2) is 0 Å². The van der Waals surface area contributed by atoms with Crippen molar-refractivity contribution >= 4 is 5.82 Å². The molecule has 0 unspecified atom stereocenters. The maximum atomic E-state index is 9.30. The standard InChI is InChI=1S/C10H16N2O/c1-3-9(13)7-11-10-6-4-5-8(2)12-10/h4-6,9,13H,3,7H2,1-2H3,(H,11,12)/t9-/m0/s1.